The first kappa shape index (κ1) is 30.6. The van der Waals surface area contributed by atoms with Gasteiger partial charge < -0.3 is 60.3 Å². The molecule has 0 aromatic heterocycles. The molecule has 0 aromatic carbocycles. The topological polar surface area (TPSA) is 243 Å². The molecule has 0 unspecified atom stereocenters. The summed E-state index contributed by atoms with van der Waals surface area (Å²) in [5, 5.41) is 86.0. The molecule has 104 valence electrons. The van der Waals surface area contributed by atoms with Gasteiger partial charge in [-0.25, -0.2) is 0 Å². The third-order valence-electron chi connectivity index (χ3n) is 0. The van der Waals surface area contributed by atoms with Crippen molar-refractivity contribution in [2.24, 2.45) is 0 Å². The maximum absolute atomic E-state index is 7.17. The fourth-order valence-corrected chi connectivity index (χ4v) is 0. The van der Waals surface area contributed by atoms with Gasteiger partial charge in [0.15, 0.2) is 0 Å². The molecule has 0 aromatic rings. The average molecular weight is 459 g/mol. The molecule has 0 spiro atoms. The first-order chi connectivity index (χ1) is 6.93. The summed E-state index contributed by atoms with van der Waals surface area (Å²) >= 11 is 0. The fourth-order valence-electron chi connectivity index (χ4n) is 0. The van der Waals surface area contributed by atoms with Crippen molar-refractivity contribution in [3.05, 3.63) is 0 Å². The molecular formula is H15B4BiO12. The van der Waals surface area contributed by atoms with Crippen molar-refractivity contribution >= 4 is 55.5 Å². The van der Waals surface area contributed by atoms with Crippen LogP contribution < -0.4 is 0 Å². The molecule has 0 saturated heterocycles. The van der Waals surface area contributed by atoms with Gasteiger partial charge in [0.1, 0.15) is 0 Å². The molecule has 0 aliphatic heterocycles. The molecule has 0 aliphatic carbocycles. The van der Waals surface area contributed by atoms with E-state index in [-0.39, 0.29) is 26.2 Å². The molecular weight excluding hydrogens is 444 g/mol. The fraction of sp³-hybridized carbons (Fsp3) is 0. The standard InChI is InChI=1S/4BH3O3.Bi.3H/c4*2-1(3)4;;;;/h4*2-4H;;;;. The van der Waals surface area contributed by atoms with E-state index >= 15 is 0 Å². The Balaban J connectivity index is -0.0000000369. The van der Waals surface area contributed by atoms with E-state index in [4.69, 9.17) is 60.3 Å². The van der Waals surface area contributed by atoms with Crippen molar-refractivity contribution in [1.82, 2.24) is 0 Å². The van der Waals surface area contributed by atoms with Gasteiger partial charge in [-0.2, -0.15) is 0 Å². The Kier molecular flexibility index (Phi) is 45.9. The molecule has 0 saturated carbocycles. The summed E-state index contributed by atoms with van der Waals surface area (Å²) in [5.41, 5.74) is 0. The van der Waals surface area contributed by atoms with Crippen LogP contribution >= 0.6 is 0 Å². The van der Waals surface area contributed by atoms with Crippen LogP contribution in [-0.2, 0) is 0 Å². The van der Waals surface area contributed by atoms with Crippen LogP contribution in [0.4, 0.5) is 0 Å². The zero-order chi connectivity index (χ0) is 14.3. The zero-order valence-electron chi connectivity index (χ0n) is 8.38. The second-order valence-electron chi connectivity index (χ2n) is 1.39. The summed E-state index contributed by atoms with van der Waals surface area (Å²) < 4.78 is 0. The van der Waals surface area contributed by atoms with Crippen LogP contribution in [0.25, 0.3) is 0 Å². The van der Waals surface area contributed by atoms with Gasteiger partial charge in [0, 0.05) is 0 Å². The van der Waals surface area contributed by atoms with Crippen LogP contribution in [-0.4, -0.2) is 116 Å². The summed E-state index contributed by atoms with van der Waals surface area (Å²) in [7, 11) is -8.67. The second-order valence-corrected chi connectivity index (χ2v) is 1.39. The van der Waals surface area contributed by atoms with Gasteiger partial charge in [-0.05, 0) is 0 Å². The molecule has 0 aliphatic rings. The predicted octanol–water partition coefficient (Wildman–Crippen LogP) is -9.39. The van der Waals surface area contributed by atoms with Crippen LogP contribution in [0.15, 0.2) is 0 Å². The van der Waals surface area contributed by atoms with Crippen molar-refractivity contribution in [2.45, 2.75) is 0 Å². The monoisotopic (exact) mass is 460 g/mol. The second kappa shape index (κ2) is 25.5. The van der Waals surface area contributed by atoms with E-state index in [0.717, 1.165) is 0 Å². The van der Waals surface area contributed by atoms with E-state index in [2.05, 4.69) is 0 Å². The van der Waals surface area contributed by atoms with Crippen LogP contribution in [0.3, 0.4) is 0 Å². The van der Waals surface area contributed by atoms with E-state index < -0.39 is 29.3 Å². The minimum absolute atomic E-state index is 0. The number of rotatable bonds is 0. The van der Waals surface area contributed by atoms with Crippen LogP contribution in [0, 0.1) is 0 Å². The molecule has 0 rings (SSSR count). The van der Waals surface area contributed by atoms with Crippen molar-refractivity contribution in [3.8, 4) is 0 Å². The molecule has 0 atom stereocenters. The Labute approximate surface area is 116 Å². The predicted molar refractivity (Wildman–Crippen MR) is 59.6 cm³/mol. The third-order valence-corrected chi connectivity index (χ3v) is 0. The summed E-state index contributed by atoms with van der Waals surface area (Å²) in [5.74, 6) is 0. The molecule has 0 bridgehead atoms. The molecule has 17 heavy (non-hydrogen) atoms. The minimum atomic E-state index is -2.17. The zero-order valence-corrected chi connectivity index (χ0v) is 13.9. The van der Waals surface area contributed by atoms with E-state index in [1.165, 1.54) is 0 Å². The van der Waals surface area contributed by atoms with E-state index in [0.29, 0.717) is 0 Å². The first-order valence-electron chi connectivity index (χ1n) is 3.10. The summed E-state index contributed by atoms with van der Waals surface area (Å²) in [6.45, 7) is 0. The van der Waals surface area contributed by atoms with Gasteiger partial charge in [-0.3, -0.25) is 0 Å². The van der Waals surface area contributed by atoms with E-state index in [9.17, 15) is 0 Å². The number of hydrogen-bond donors (Lipinski definition) is 12. The molecule has 0 amide bonds. The Bertz CT molecular complexity index is 61.5. The molecule has 0 heterocycles. The molecule has 12 nitrogen and oxygen atoms in total. The van der Waals surface area contributed by atoms with Gasteiger partial charge in [0.05, 0.1) is 0 Å². The third kappa shape index (κ3) is 8150. The molecule has 12 N–H and O–H groups in total. The van der Waals surface area contributed by atoms with Gasteiger partial charge in [-0.1, -0.05) is 0 Å². The SMILES string of the molecule is OB(O)O.OB(O)O.OB(O)O.OB(O)O.[BiH3]. The summed E-state index contributed by atoms with van der Waals surface area (Å²) in [4.78, 5) is 0. The van der Waals surface area contributed by atoms with Crippen molar-refractivity contribution in [1.29, 1.82) is 0 Å². The Morgan fingerprint density at radius 3 is 0.294 bits per heavy atom. The van der Waals surface area contributed by atoms with E-state index in [1.54, 1.807) is 0 Å². The van der Waals surface area contributed by atoms with Gasteiger partial charge >= 0.3 is 55.5 Å². The summed E-state index contributed by atoms with van der Waals surface area (Å²) in [6, 6.07) is 0. The summed E-state index contributed by atoms with van der Waals surface area (Å²) in [6.07, 6.45) is 0. The average Bonchev–Trinajstić information content (AvgIpc) is 1.76. The quantitative estimate of drug-likeness (QED) is 0.151. The number of hydrogen-bond acceptors (Lipinski definition) is 12. The maximum atomic E-state index is 7.17. The Hall–Kier alpha value is 0.663. The molecule has 17 heteroatoms. The van der Waals surface area contributed by atoms with E-state index in [1.807, 2.05) is 0 Å². The normalized spacial score (nSPS) is 6.35. The molecule has 0 radical (unpaired) electrons. The van der Waals surface area contributed by atoms with Gasteiger partial charge in [0.25, 0.3) is 0 Å². The Morgan fingerprint density at radius 1 is 0.294 bits per heavy atom. The van der Waals surface area contributed by atoms with Crippen molar-refractivity contribution in [2.75, 3.05) is 0 Å². The molecule has 0 fully saturated rings. The van der Waals surface area contributed by atoms with Crippen LogP contribution in [0.5, 0.6) is 0 Å². The van der Waals surface area contributed by atoms with Gasteiger partial charge in [-0.15, -0.1) is 0 Å². The first-order valence-corrected chi connectivity index (χ1v) is 3.10. The van der Waals surface area contributed by atoms with Crippen LogP contribution in [0.1, 0.15) is 0 Å². The van der Waals surface area contributed by atoms with Crippen LogP contribution in [0.2, 0.25) is 0 Å². The van der Waals surface area contributed by atoms with Crippen molar-refractivity contribution < 1.29 is 60.3 Å². The van der Waals surface area contributed by atoms with Gasteiger partial charge in [0.2, 0.25) is 0 Å². The Morgan fingerprint density at radius 2 is 0.294 bits per heavy atom. The van der Waals surface area contributed by atoms with Crippen molar-refractivity contribution in [3.63, 3.8) is 0 Å².